The van der Waals surface area contributed by atoms with Crippen molar-refractivity contribution in [3.63, 3.8) is 0 Å². The molecule has 0 bridgehead atoms. The van der Waals surface area contributed by atoms with E-state index in [-0.39, 0.29) is 11.6 Å². The van der Waals surface area contributed by atoms with E-state index < -0.39 is 5.60 Å². The molecule has 1 N–H and O–H groups in total. The summed E-state index contributed by atoms with van der Waals surface area (Å²) in [6.07, 6.45) is 0.717. The Kier molecular flexibility index (Phi) is 3.91. The maximum Gasteiger partial charge on any atom is 0.261 e. The number of hydrogen-bond acceptors (Lipinski definition) is 5. The van der Waals surface area contributed by atoms with Crippen molar-refractivity contribution < 1.29 is 14.4 Å². The van der Waals surface area contributed by atoms with Crippen LogP contribution >= 0.6 is 15.9 Å². The van der Waals surface area contributed by atoms with E-state index in [0.29, 0.717) is 11.4 Å². The minimum absolute atomic E-state index is 0.0835. The van der Waals surface area contributed by atoms with E-state index in [1.165, 1.54) is 0 Å². The van der Waals surface area contributed by atoms with Crippen LogP contribution in [0.5, 0.6) is 5.75 Å². The van der Waals surface area contributed by atoms with E-state index in [2.05, 4.69) is 26.1 Å². The van der Waals surface area contributed by atoms with Crippen LogP contribution in [0.4, 0.5) is 0 Å². The van der Waals surface area contributed by atoms with Crippen molar-refractivity contribution in [1.82, 2.24) is 10.1 Å². The number of rotatable bonds is 4. The van der Waals surface area contributed by atoms with Crippen molar-refractivity contribution in [3.8, 4) is 17.2 Å². The van der Waals surface area contributed by atoms with Crippen molar-refractivity contribution in [3.05, 3.63) is 28.5 Å². The number of aromatic nitrogens is 2. The highest BCUT2D eigenvalue weighted by Gasteiger charge is 2.30. The third kappa shape index (κ3) is 2.64. The van der Waals surface area contributed by atoms with E-state index in [1.807, 2.05) is 13.8 Å². The summed E-state index contributed by atoms with van der Waals surface area (Å²) in [5.41, 5.74) is -0.0938. The first-order valence-corrected chi connectivity index (χ1v) is 6.67. The molecular formula is C13H15BrN2O3. The molecule has 0 aliphatic carbocycles. The average Bonchev–Trinajstić information content (AvgIpc) is 2.88. The first-order chi connectivity index (χ1) is 9.00. The average molecular weight is 327 g/mol. The van der Waals surface area contributed by atoms with Crippen molar-refractivity contribution >= 4 is 15.9 Å². The summed E-state index contributed by atoms with van der Waals surface area (Å²) in [4.78, 5) is 4.31. The van der Waals surface area contributed by atoms with Crippen LogP contribution in [0.3, 0.4) is 0 Å². The van der Waals surface area contributed by atoms with E-state index in [0.717, 1.165) is 10.9 Å². The van der Waals surface area contributed by atoms with E-state index >= 15 is 0 Å². The van der Waals surface area contributed by atoms with Gasteiger partial charge in [0.1, 0.15) is 11.4 Å². The Hall–Kier alpha value is -1.40. The molecule has 19 heavy (non-hydrogen) atoms. The zero-order valence-electron chi connectivity index (χ0n) is 11.0. The van der Waals surface area contributed by atoms with Crippen LogP contribution in [0, 0.1) is 0 Å². The molecule has 0 fully saturated rings. The Morgan fingerprint density at radius 3 is 2.79 bits per heavy atom. The normalized spacial score (nSPS) is 14.3. The van der Waals surface area contributed by atoms with Gasteiger partial charge in [0, 0.05) is 11.6 Å². The molecule has 0 saturated carbocycles. The quantitative estimate of drug-likeness (QED) is 0.931. The molecule has 1 aromatic heterocycles. The number of ether oxygens (including phenoxy) is 1. The van der Waals surface area contributed by atoms with Gasteiger partial charge in [-0.2, -0.15) is 4.98 Å². The number of hydrogen-bond donors (Lipinski definition) is 1. The number of phenols is 1. The number of phenolic OH excluding ortho intramolecular Hbond substituents is 1. The first kappa shape index (κ1) is 14.0. The van der Waals surface area contributed by atoms with Crippen LogP contribution in [0.15, 0.2) is 27.2 Å². The standard InChI is InChI=1S/C13H15BrN2O3/c1-4-13(2,18-3)12-15-11(19-16-12)9-6-5-8(14)7-10(9)17/h5-7,17H,4H2,1-3H3. The highest BCUT2D eigenvalue weighted by molar-refractivity contribution is 9.10. The predicted molar refractivity (Wildman–Crippen MR) is 73.8 cm³/mol. The lowest BCUT2D eigenvalue weighted by Gasteiger charge is -2.21. The number of methoxy groups -OCH3 is 1. The first-order valence-electron chi connectivity index (χ1n) is 5.88. The van der Waals surface area contributed by atoms with Crippen molar-refractivity contribution in [2.24, 2.45) is 0 Å². The zero-order valence-corrected chi connectivity index (χ0v) is 12.6. The number of benzene rings is 1. The molecule has 0 spiro atoms. The number of aromatic hydroxyl groups is 1. The summed E-state index contributed by atoms with van der Waals surface area (Å²) in [7, 11) is 1.61. The lowest BCUT2D eigenvalue weighted by molar-refractivity contribution is -0.0106. The molecule has 0 aliphatic heterocycles. The second-order valence-electron chi connectivity index (χ2n) is 4.37. The maximum atomic E-state index is 9.88. The van der Waals surface area contributed by atoms with Crippen molar-refractivity contribution in [2.75, 3.05) is 7.11 Å². The van der Waals surface area contributed by atoms with Gasteiger partial charge in [-0.15, -0.1) is 0 Å². The second-order valence-corrected chi connectivity index (χ2v) is 5.29. The fourth-order valence-corrected chi connectivity index (χ4v) is 1.98. The van der Waals surface area contributed by atoms with Crippen LogP contribution in [0.1, 0.15) is 26.1 Å². The highest BCUT2D eigenvalue weighted by atomic mass is 79.9. The minimum atomic E-state index is -0.591. The van der Waals surface area contributed by atoms with Gasteiger partial charge >= 0.3 is 0 Å². The van der Waals surface area contributed by atoms with Crippen LogP contribution in [0.2, 0.25) is 0 Å². The largest absolute Gasteiger partial charge is 0.507 e. The van der Waals surface area contributed by atoms with Crippen LogP contribution in [-0.2, 0) is 10.3 Å². The van der Waals surface area contributed by atoms with Crippen LogP contribution in [0.25, 0.3) is 11.5 Å². The molecule has 0 saturated heterocycles. The lowest BCUT2D eigenvalue weighted by Crippen LogP contribution is -2.24. The molecule has 6 heteroatoms. The summed E-state index contributed by atoms with van der Waals surface area (Å²) < 4.78 is 11.4. The van der Waals surface area contributed by atoms with Crippen LogP contribution in [-0.4, -0.2) is 22.4 Å². The maximum absolute atomic E-state index is 9.88. The molecule has 5 nitrogen and oxygen atoms in total. The monoisotopic (exact) mass is 326 g/mol. The van der Waals surface area contributed by atoms with Gasteiger partial charge in [0.05, 0.1) is 5.56 Å². The van der Waals surface area contributed by atoms with Gasteiger partial charge in [-0.25, -0.2) is 0 Å². The van der Waals surface area contributed by atoms with Crippen LogP contribution < -0.4 is 0 Å². The zero-order chi connectivity index (χ0) is 14.0. The third-order valence-corrected chi connectivity index (χ3v) is 3.71. The molecule has 2 rings (SSSR count). The van der Waals surface area contributed by atoms with Gasteiger partial charge in [0.15, 0.2) is 0 Å². The molecule has 1 aromatic carbocycles. The molecule has 102 valence electrons. The predicted octanol–water partition coefficient (Wildman–Crippen LogP) is 3.48. The Morgan fingerprint density at radius 2 is 2.21 bits per heavy atom. The van der Waals surface area contributed by atoms with Crippen molar-refractivity contribution in [2.45, 2.75) is 25.9 Å². The summed E-state index contributed by atoms with van der Waals surface area (Å²) in [6.45, 7) is 3.87. The number of nitrogens with zero attached hydrogens (tertiary/aromatic N) is 2. The molecule has 0 aliphatic rings. The smallest absolute Gasteiger partial charge is 0.261 e. The van der Waals surface area contributed by atoms with Gasteiger partial charge in [-0.3, -0.25) is 0 Å². The third-order valence-electron chi connectivity index (χ3n) is 3.21. The van der Waals surface area contributed by atoms with Gasteiger partial charge in [-0.1, -0.05) is 28.0 Å². The van der Waals surface area contributed by atoms with E-state index in [9.17, 15) is 5.11 Å². The molecule has 1 unspecified atom stereocenters. The van der Waals surface area contributed by atoms with Crippen molar-refractivity contribution in [1.29, 1.82) is 0 Å². The SMILES string of the molecule is CCC(C)(OC)c1noc(-c2ccc(Br)cc2O)n1. The van der Waals surface area contributed by atoms with Gasteiger partial charge in [-0.05, 0) is 31.5 Å². The molecule has 0 radical (unpaired) electrons. The Labute approximate surface area is 119 Å². The summed E-state index contributed by atoms with van der Waals surface area (Å²) in [5.74, 6) is 0.826. The summed E-state index contributed by atoms with van der Waals surface area (Å²) in [6, 6.07) is 5.09. The molecule has 1 heterocycles. The molecule has 1 atom stereocenters. The highest BCUT2D eigenvalue weighted by Crippen LogP contribution is 2.33. The molecule has 0 amide bonds. The summed E-state index contributed by atoms with van der Waals surface area (Å²) in [5, 5.41) is 13.8. The fourth-order valence-electron chi connectivity index (χ4n) is 1.63. The second kappa shape index (κ2) is 5.30. The van der Waals surface area contributed by atoms with E-state index in [4.69, 9.17) is 9.26 Å². The minimum Gasteiger partial charge on any atom is -0.507 e. The fraction of sp³-hybridized carbons (Fsp3) is 0.385. The molecular weight excluding hydrogens is 312 g/mol. The van der Waals surface area contributed by atoms with Gasteiger partial charge < -0.3 is 14.4 Å². The van der Waals surface area contributed by atoms with E-state index in [1.54, 1.807) is 25.3 Å². The van der Waals surface area contributed by atoms with Gasteiger partial charge in [0.2, 0.25) is 5.82 Å². The Balaban J connectivity index is 2.41. The lowest BCUT2D eigenvalue weighted by atomic mass is 10.0. The Bertz CT molecular complexity index is 579. The summed E-state index contributed by atoms with van der Waals surface area (Å²) >= 11 is 3.28. The number of halogens is 1. The van der Waals surface area contributed by atoms with Gasteiger partial charge in [0.25, 0.3) is 5.89 Å². The Morgan fingerprint density at radius 1 is 1.47 bits per heavy atom. The molecule has 2 aromatic rings. The topological polar surface area (TPSA) is 68.4 Å².